The third-order valence-electron chi connectivity index (χ3n) is 5.61. The van der Waals surface area contributed by atoms with E-state index in [9.17, 15) is 14.7 Å². The van der Waals surface area contributed by atoms with Gasteiger partial charge < -0.3 is 14.7 Å². The third kappa shape index (κ3) is 4.19. The summed E-state index contributed by atoms with van der Waals surface area (Å²) in [5, 5.41) is 9.86. The standard InChI is InChI=1S/C23H27NO4/c1-17-8-9-20(18(2)16-17)28-15-10-21(25)24-13-11-23(12-14-24,22(26)27)19-6-4-3-5-7-19/h3-9,16H,10-15H2,1-2H3,(H,26,27). The molecule has 5 heteroatoms. The minimum Gasteiger partial charge on any atom is -0.493 e. The Balaban J connectivity index is 1.55. The van der Waals surface area contributed by atoms with Crippen LogP contribution in [0.15, 0.2) is 48.5 Å². The first-order chi connectivity index (χ1) is 13.4. The summed E-state index contributed by atoms with van der Waals surface area (Å²) in [6.07, 6.45) is 1.14. The molecule has 3 rings (SSSR count). The van der Waals surface area contributed by atoms with Gasteiger partial charge in [0.05, 0.1) is 18.4 Å². The first-order valence-corrected chi connectivity index (χ1v) is 9.69. The monoisotopic (exact) mass is 381 g/mol. The van der Waals surface area contributed by atoms with Crippen LogP contribution in [-0.4, -0.2) is 41.6 Å². The number of hydrogen-bond donors (Lipinski definition) is 1. The van der Waals surface area contributed by atoms with E-state index in [2.05, 4.69) is 6.07 Å². The van der Waals surface area contributed by atoms with E-state index < -0.39 is 11.4 Å². The van der Waals surface area contributed by atoms with Crippen molar-refractivity contribution in [1.82, 2.24) is 4.90 Å². The summed E-state index contributed by atoms with van der Waals surface area (Å²) in [7, 11) is 0. The molecule has 5 nitrogen and oxygen atoms in total. The molecule has 1 aliphatic rings. The van der Waals surface area contributed by atoms with Crippen LogP contribution in [0.25, 0.3) is 0 Å². The number of carbonyl (C=O) groups is 2. The maximum absolute atomic E-state index is 12.5. The Hall–Kier alpha value is -2.82. The van der Waals surface area contributed by atoms with Crippen molar-refractivity contribution in [2.24, 2.45) is 0 Å². The van der Waals surface area contributed by atoms with Gasteiger partial charge in [-0.2, -0.15) is 0 Å². The maximum atomic E-state index is 12.5. The number of nitrogens with zero attached hydrogens (tertiary/aromatic N) is 1. The molecule has 148 valence electrons. The fourth-order valence-corrected chi connectivity index (χ4v) is 3.89. The zero-order valence-corrected chi connectivity index (χ0v) is 16.5. The molecule has 0 radical (unpaired) electrons. The highest BCUT2D eigenvalue weighted by Gasteiger charge is 2.43. The number of carboxylic acids is 1. The second-order valence-electron chi connectivity index (χ2n) is 7.50. The molecule has 1 N–H and O–H groups in total. The van der Waals surface area contributed by atoms with Gasteiger partial charge in [0.15, 0.2) is 0 Å². The van der Waals surface area contributed by atoms with Crippen LogP contribution in [0.4, 0.5) is 0 Å². The van der Waals surface area contributed by atoms with Gasteiger partial charge in [-0.1, -0.05) is 48.0 Å². The lowest BCUT2D eigenvalue weighted by molar-refractivity contribution is -0.148. The first kappa shape index (κ1) is 19.9. The molecule has 1 heterocycles. The minimum atomic E-state index is -0.909. The molecule has 28 heavy (non-hydrogen) atoms. The number of rotatable bonds is 6. The van der Waals surface area contributed by atoms with Crippen molar-refractivity contribution in [2.75, 3.05) is 19.7 Å². The van der Waals surface area contributed by atoms with Gasteiger partial charge in [-0.25, -0.2) is 0 Å². The molecule has 0 aromatic heterocycles. The van der Waals surface area contributed by atoms with Crippen molar-refractivity contribution in [2.45, 2.75) is 38.5 Å². The van der Waals surface area contributed by atoms with Crippen LogP contribution >= 0.6 is 0 Å². The summed E-state index contributed by atoms with van der Waals surface area (Å²) in [4.78, 5) is 26.3. The topological polar surface area (TPSA) is 66.8 Å². The fraction of sp³-hybridized carbons (Fsp3) is 0.391. The Bertz CT molecular complexity index is 839. The Morgan fingerprint density at radius 3 is 2.36 bits per heavy atom. The van der Waals surface area contributed by atoms with Gasteiger partial charge in [0.25, 0.3) is 0 Å². The van der Waals surface area contributed by atoms with Gasteiger partial charge in [0.2, 0.25) is 5.91 Å². The van der Waals surface area contributed by atoms with E-state index in [0.29, 0.717) is 39.0 Å². The predicted molar refractivity (Wildman–Crippen MR) is 108 cm³/mol. The summed E-state index contributed by atoms with van der Waals surface area (Å²) in [6, 6.07) is 15.3. The van der Waals surface area contributed by atoms with Crippen molar-refractivity contribution in [1.29, 1.82) is 0 Å². The predicted octanol–water partition coefficient (Wildman–Crippen LogP) is 3.72. The lowest BCUT2D eigenvalue weighted by Gasteiger charge is -2.39. The second-order valence-corrected chi connectivity index (χ2v) is 7.50. The van der Waals surface area contributed by atoms with Crippen LogP contribution in [0.1, 0.15) is 36.0 Å². The Morgan fingerprint density at radius 2 is 1.75 bits per heavy atom. The Morgan fingerprint density at radius 1 is 1.07 bits per heavy atom. The van der Waals surface area contributed by atoms with Gasteiger partial charge in [0.1, 0.15) is 5.75 Å². The molecule has 1 saturated heterocycles. The van der Waals surface area contributed by atoms with E-state index in [1.807, 2.05) is 56.3 Å². The summed E-state index contributed by atoms with van der Waals surface area (Å²) >= 11 is 0. The zero-order chi connectivity index (χ0) is 20.1. The van der Waals surface area contributed by atoms with Crippen molar-refractivity contribution < 1.29 is 19.4 Å². The second kappa shape index (κ2) is 8.46. The van der Waals surface area contributed by atoms with Crippen LogP contribution < -0.4 is 4.74 Å². The van der Waals surface area contributed by atoms with E-state index in [0.717, 1.165) is 16.9 Å². The summed E-state index contributed by atoms with van der Waals surface area (Å²) in [6.45, 7) is 5.24. The highest BCUT2D eigenvalue weighted by Crippen LogP contribution is 2.36. The molecule has 1 aliphatic heterocycles. The van der Waals surface area contributed by atoms with Gasteiger partial charge in [-0.05, 0) is 43.9 Å². The van der Waals surface area contributed by atoms with Gasteiger partial charge in [0, 0.05) is 13.1 Å². The molecular formula is C23H27NO4. The van der Waals surface area contributed by atoms with Gasteiger partial charge in [-0.3, -0.25) is 9.59 Å². The number of carbonyl (C=O) groups excluding carboxylic acids is 1. The average Bonchev–Trinajstić information content (AvgIpc) is 2.70. The van der Waals surface area contributed by atoms with Crippen LogP contribution in [-0.2, 0) is 15.0 Å². The number of aliphatic carboxylic acids is 1. The highest BCUT2D eigenvalue weighted by molar-refractivity contribution is 5.82. The SMILES string of the molecule is Cc1ccc(OCCC(=O)N2CCC(C(=O)O)(c3ccccc3)CC2)c(C)c1. The smallest absolute Gasteiger partial charge is 0.314 e. The number of likely N-dealkylation sites (tertiary alicyclic amines) is 1. The molecule has 2 aromatic rings. The zero-order valence-electron chi connectivity index (χ0n) is 16.5. The fourth-order valence-electron chi connectivity index (χ4n) is 3.89. The molecule has 2 aromatic carbocycles. The lowest BCUT2D eigenvalue weighted by Crippen LogP contribution is -2.49. The Kier molecular flexibility index (Phi) is 6.02. The molecule has 0 unspecified atom stereocenters. The maximum Gasteiger partial charge on any atom is 0.314 e. The van der Waals surface area contributed by atoms with E-state index >= 15 is 0 Å². The number of benzene rings is 2. The van der Waals surface area contributed by atoms with Crippen molar-refractivity contribution in [3.05, 3.63) is 65.2 Å². The summed E-state index contributed by atoms with van der Waals surface area (Å²) < 4.78 is 5.76. The number of piperidine rings is 1. The van der Waals surface area contributed by atoms with E-state index in [4.69, 9.17) is 4.74 Å². The largest absolute Gasteiger partial charge is 0.493 e. The molecule has 0 bridgehead atoms. The van der Waals surface area contributed by atoms with Crippen LogP contribution in [0.2, 0.25) is 0 Å². The average molecular weight is 381 g/mol. The third-order valence-corrected chi connectivity index (χ3v) is 5.61. The van der Waals surface area contributed by atoms with E-state index in [1.165, 1.54) is 5.56 Å². The number of hydrogen-bond acceptors (Lipinski definition) is 3. The molecule has 0 saturated carbocycles. The number of carboxylic acid groups (broad SMARTS) is 1. The van der Waals surface area contributed by atoms with E-state index in [1.54, 1.807) is 4.90 Å². The normalized spacial score (nSPS) is 15.9. The number of aryl methyl sites for hydroxylation is 2. The molecular weight excluding hydrogens is 354 g/mol. The number of amides is 1. The van der Waals surface area contributed by atoms with Crippen molar-refractivity contribution in [3.63, 3.8) is 0 Å². The van der Waals surface area contributed by atoms with Gasteiger partial charge >= 0.3 is 5.97 Å². The quantitative estimate of drug-likeness (QED) is 0.828. The van der Waals surface area contributed by atoms with E-state index in [-0.39, 0.29) is 5.91 Å². The molecule has 1 amide bonds. The molecule has 1 fully saturated rings. The summed E-state index contributed by atoms with van der Waals surface area (Å²) in [5.74, 6) is -0.00758. The van der Waals surface area contributed by atoms with Crippen LogP contribution in [0, 0.1) is 13.8 Å². The Labute approximate surface area is 165 Å². The van der Waals surface area contributed by atoms with Gasteiger partial charge in [-0.15, -0.1) is 0 Å². The van der Waals surface area contributed by atoms with Crippen molar-refractivity contribution >= 4 is 11.9 Å². The molecule has 0 aliphatic carbocycles. The first-order valence-electron chi connectivity index (χ1n) is 9.69. The minimum absolute atomic E-state index is 0.0109. The van der Waals surface area contributed by atoms with Crippen LogP contribution in [0.3, 0.4) is 0 Å². The number of ether oxygens (including phenoxy) is 1. The molecule has 0 spiro atoms. The van der Waals surface area contributed by atoms with Crippen molar-refractivity contribution in [3.8, 4) is 5.75 Å². The summed E-state index contributed by atoms with van der Waals surface area (Å²) in [5.41, 5.74) is 2.13. The molecule has 0 atom stereocenters. The highest BCUT2D eigenvalue weighted by atomic mass is 16.5. The lowest BCUT2D eigenvalue weighted by atomic mass is 9.73. The van der Waals surface area contributed by atoms with Crippen LogP contribution in [0.5, 0.6) is 5.75 Å².